The number of para-hydroxylation sites is 1. The molecule has 1 aliphatic rings. The van der Waals surface area contributed by atoms with Crippen molar-refractivity contribution in [1.29, 1.82) is 0 Å². The minimum absolute atomic E-state index is 0.143. The van der Waals surface area contributed by atoms with E-state index in [1.54, 1.807) is 30.5 Å². The number of fused-ring (bicyclic) bond motifs is 1. The number of benzene rings is 2. The van der Waals surface area contributed by atoms with Gasteiger partial charge in [0.2, 0.25) is 0 Å². The van der Waals surface area contributed by atoms with Crippen molar-refractivity contribution in [3.05, 3.63) is 68.7 Å². The molecule has 4 rings (SSSR count). The summed E-state index contributed by atoms with van der Waals surface area (Å²) in [5.41, 5.74) is 1.37. The first kappa shape index (κ1) is 17.9. The van der Waals surface area contributed by atoms with Crippen molar-refractivity contribution in [2.45, 2.75) is 38.0 Å². The second kappa shape index (κ2) is 7.64. The first-order chi connectivity index (χ1) is 13.1. The Labute approximate surface area is 165 Å². The molecule has 5 nitrogen and oxygen atoms in total. The van der Waals surface area contributed by atoms with Gasteiger partial charge in [-0.05, 0) is 64.7 Å². The van der Waals surface area contributed by atoms with Crippen LogP contribution in [0.2, 0.25) is 0 Å². The molecule has 2 aromatic carbocycles. The van der Waals surface area contributed by atoms with Crippen molar-refractivity contribution in [3.8, 4) is 5.75 Å². The number of rotatable bonds is 3. The topological polar surface area (TPSA) is 67.5 Å². The number of aromatic nitrogens is 2. The largest absolute Gasteiger partial charge is 0.507 e. The quantitative estimate of drug-likeness (QED) is 0.613. The summed E-state index contributed by atoms with van der Waals surface area (Å²) >= 11 is 3.30. The SMILES string of the molecule is O=c1c2ccccc2nc(C2CCCCC2)n1N=Cc1ccc(O)c(Br)c1. The molecule has 1 aliphatic carbocycles. The zero-order chi connectivity index (χ0) is 18.8. The fourth-order valence-corrected chi connectivity index (χ4v) is 4.00. The molecule has 0 unspecified atom stereocenters. The van der Waals surface area contributed by atoms with E-state index in [1.165, 1.54) is 11.1 Å². The Bertz CT molecular complexity index is 1070. The van der Waals surface area contributed by atoms with E-state index in [4.69, 9.17) is 4.98 Å². The molecule has 1 fully saturated rings. The van der Waals surface area contributed by atoms with Crippen LogP contribution in [0.15, 0.2) is 56.8 Å². The van der Waals surface area contributed by atoms with Gasteiger partial charge in [0, 0.05) is 5.92 Å². The summed E-state index contributed by atoms with van der Waals surface area (Å²) < 4.78 is 2.04. The third kappa shape index (κ3) is 3.67. The Morgan fingerprint density at radius 3 is 2.70 bits per heavy atom. The molecule has 1 saturated carbocycles. The maximum absolute atomic E-state index is 13.1. The Morgan fingerprint density at radius 1 is 1.15 bits per heavy atom. The fraction of sp³-hybridized carbons (Fsp3) is 0.286. The van der Waals surface area contributed by atoms with Gasteiger partial charge in [-0.2, -0.15) is 9.78 Å². The molecule has 0 radical (unpaired) electrons. The third-order valence-electron chi connectivity index (χ3n) is 5.04. The summed E-state index contributed by atoms with van der Waals surface area (Å²) in [6.07, 6.45) is 7.24. The van der Waals surface area contributed by atoms with E-state index in [2.05, 4.69) is 21.0 Å². The smallest absolute Gasteiger partial charge is 0.282 e. The number of phenols is 1. The molecule has 1 heterocycles. The standard InChI is InChI=1S/C21H20BrN3O2/c22-17-12-14(10-11-19(17)26)13-23-25-20(15-6-2-1-3-7-15)24-18-9-5-4-8-16(18)21(25)27/h4-5,8-13,15,26H,1-3,6-7H2. The van der Waals surface area contributed by atoms with Crippen LogP contribution in [0, 0.1) is 0 Å². The van der Waals surface area contributed by atoms with Crippen molar-refractivity contribution >= 4 is 33.0 Å². The summed E-state index contributed by atoms with van der Waals surface area (Å²) in [7, 11) is 0. The summed E-state index contributed by atoms with van der Waals surface area (Å²) in [4.78, 5) is 17.9. The Balaban J connectivity index is 1.83. The monoisotopic (exact) mass is 425 g/mol. The van der Waals surface area contributed by atoms with E-state index in [1.807, 2.05) is 18.2 Å². The Morgan fingerprint density at radius 2 is 1.93 bits per heavy atom. The molecule has 6 heteroatoms. The fourth-order valence-electron chi connectivity index (χ4n) is 3.61. The maximum atomic E-state index is 13.1. The van der Waals surface area contributed by atoms with Gasteiger partial charge in [-0.3, -0.25) is 4.79 Å². The second-order valence-electron chi connectivity index (χ2n) is 6.89. The van der Waals surface area contributed by atoms with E-state index in [9.17, 15) is 9.90 Å². The highest BCUT2D eigenvalue weighted by Crippen LogP contribution is 2.31. The lowest BCUT2D eigenvalue weighted by molar-refractivity contribution is 0.416. The number of nitrogens with zero attached hydrogens (tertiary/aromatic N) is 3. The predicted octanol–water partition coefficient (Wildman–Crippen LogP) is 4.79. The first-order valence-corrected chi connectivity index (χ1v) is 9.97. The second-order valence-corrected chi connectivity index (χ2v) is 7.75. The summed E-state index contributed by atoms with van der Waals surface area (Å²) in [5, 5.41) is 14.7. The van der Waals surface area contributed by atoms with Crippen LogP contribution >= 0.6 is 15.9 Å². The minimum Gasteiger partial charge on any atom is -0.507 e. The van der Waals surface area contributed by atoms with E-state index >= 15 is 0 Å². The normalized spacial score (nSPS) is 15.6. The summed E-state index contributed by atoms with van der Waals surface area (Å²) in [6.45, 7) is 0. The number of hydrogen-bond acceptors (Lipinski definition) is 4. The van der Waals surface area contributed by atoms with E-state index in [0.717, 1.165) is 42.6 Å². The highest BCUT2D eigenvalue weighted by Gasteiger charge is 2.22. The van der Waals surface area contributed by atoms with Gasteiger partial charge in [0.1, 0.15) is 11.6 Å². The molecule has 0 saturated heterocycles. The van der Waals surface area contributed by atoms with E-state index < -0.39 is 0 Å². The molecule has 0 amide bonds. The zero-order valence-corrected chi connectivity index (χ0v) is 16.4. The number of hydrogen-bond donors (Lipinski definition) is 1. The van der Waals surface area contributed by atoms with Crippen molar-refractivity contribution in [2.75, 3.05) is 0 Å². The lowest BCUT2D eigenvalue weighted by atomic mass is 9.88. The van der Waals surface area contributed by atoms with Crippen molar-refractivity contribution in [3.63, 3.8) is 0 Å². The molecule has 0 atom stereocenters. The first-order valence-electron chi connectivity index (χ1n) is 9.18. The maximum Gasteiger partial charge on any atom is 0.282 e. The lowest BCUT2D eigenvalue weighted by Crippen LogP contribution is -2.25. The molecule has 1 aromatic heterocycles. The molecular weight excluding hydrogens is 406 g/mol. The van der Waals surface area contributed by atoms with Gasteiger partial charge >= 0.3 is 0 Å². The predicted molar refractivity (Wildman–Crippen MR) is 111 cm³/mol. The average Bonchev–Trinajstić information content (AvgIpc) is 2.70. The molecule has 138 valence electrons. The zero-order valence-electron chi connectivity index (χ0n) is 14.8. The van der Waals surface area contributed by atoms with Crippen LogP contribution in [-0.4, -0.2) is 21.0 Å². The summed E-state index contributed by atoms with van der Waals surface area (Å²) in [6, 6.07) is 12.5. The van der Waals surface area contributed by atoms with E-state index in [0.29, 0.717) is 9.86 Å². The molecule has 3 aromatic rings. The van der Waals surface area contributed by atoms with Crippen LogP contribution in [-0.2, 0) is 0 Å². The van der Waals surface area contributed by atoms with Crippen LogP contribution in [0.4, 0.5) is 0 Å². The van der Waals surface area contributed by atoms with Gasteiger partial charge in [0.25, 0.3) is 5.56 Å². The Hall–Kier alpha value is -2.47. The van der Waals surface area contributed by atoms with Gasteiger partial charge in [0.15, 0.2) is 0 Å². The number of aromatic hydroxyl groups is 1. The Kier molecular flexibility index (Phi) is 5.07. The van der Waals surface area contributed by atoms with Gasteiger partial charge in [-0.25, -0.2) is 4.98 Å². The molecule has 27 heavy (non-hydrogen) atoms. The van der Waals surface area contributed by atoms with Crippen LogP contribution in [0.25, 0.3) is 10.9 Å². The number of phenolic OH excluding ortho intramolecular Hbond substituents is 1. The molecule has 0 aliphatic heterocycles. The van der Waals surface area contributed by atoms with Crippen LogP contribution in [0.1, 0.15) is 49.4 Å². The minimum atomic E-state index is -0.143. The molecule has 0 bridgehead atoms. The van der Waals surface area contributed by atoms with Gasteiger partial charge in [-0.1, -0.05) is 31.4 Å². The van der Waals surface area contributed by atoms with Gasteiger partial charge in [-0.15, -0.1) is 0 Å². The third-order valence-corrected chi connectivity index (χ3v) is 5.68. The van der Waals surface area contributed by atoms with Crippen molar-refractivity contribution in [2.24, 2.45) is 5.10 Å². The molecular formula is C21H20BrN3O2. The highest BCUT2D eigenvalue weighted by atomic mass is 79.9. The lowest BCUT2D eigenvalue weighted by Gasteiger charge is -2.22. The van der Waals surface area contributed by atoms with E-state index in [-0.39, 0.29) is 17.2 Å². The highest BCUT2D eigenvalue weighted by molar-refractivity contribution is 9.10. The van der Waals surface area contributed by atoms with Crippen LogP contribution in [0.3, 0.4) is 0 Å². The van der Waals surface area contributed by atoms with Crippen molar-refractivity contribution < 1.29 is 5.11 Å². The van der Waals surface area contributed by atoms with Crippen LogP contribution in [0.5, 0.6) is 5.75 Å². The average molecular weight is 426 g/mol. The van der Waals surface area contributed by atoms with Crippen molar-refractivity contribution in [1.82, 2.24) is 9.66 Å². The van der Waals surface area contributed by atoms with Gasteiger partial charge < -0.3 is 5.11 Å². The van der Waals surface area contributed by atoms with Crippen LogP contribution < -0.4 is 5.56 Å². The number of halogens is 1. The molecule has 0 spiro atoms. The summed E-state index contributed by atoms with van der Waals surface area (Å²) in [5.74, 6) is 1.16. The van der Waals surface area contributed by atoms with Gasteiger partial charge in [0.05, 0.1) is 21.6 Å². The molecule has 1 N–H and O–H groups in total.